The summed E-state index contributed by atoms with van der Waals surface area (Å²) >= 11 is 0. The van der Waals surface area contributed by atoms with Gasteiger partial charge in [0.1, 0.15) is 28.8 Å². The smallest absolute Gasteiger partial charge is 0.280 e. The minimum atomic E-state index is -0.685. The number of ether oxygens (including phenoxy) is 1. The number of aryl methyl sites for hydroxylation is 1. The molecule has 2 aliphatic carbocycles. The van der Waals surface area contributed by atoms with Crippen LogP contribution < -0.4 is 5.56 Å². The van der Waals surface area contributed by atoms with E-state index in [4.69, 9.17) is 9.72 Å². The minimum absolute atomic E-state index is 0.176. The summed E-state index contributed by atoms with van der Waals surface area (Å²) in [5.74, 6) is 0.149. The van der Waals surface area contributed by atoms with Gasteiger partial charge >= 0.3 is 0 Å². The summed E-state index contributed by atoms with van der Waals surface area (Å²) in [6.45, 7) is 5.18. The van der Waals surface area contributed by atoms with Gasteiger partial charge in [0.15, 0.2) is 0 Å². The maximum atomic E-state index is 15.7. The van der Waals surface area contributed by atoms with E-state index in [0.717, 1.165) is 67.2 Å². The van der Waals surface area contributed by atoms with E-state index in [1.54, 1.807) is 34.6 Å². The highest BCUT2D eigenvalue weighted by Gasteiger charge is 2.31. The summed E-state index contributed by atoms with van der Waals surface area (Å²) in [6, 6.07) is 7.97. The Morgan fingerprint density at radius 1 is 1.07 bits per heavy atom. The van der Waals surface area contributed by atoms with Crippen LogP contribution in [-0.4, -0.2) is 54.8 Å². The van der Waals surface area contributed by atoms with E-state index in [2.05, 4.69) is 27.9 Å². The molecule has 5 aromatic rings. The summed E-state index contributed by atoms with van der Waals surface area (Å²) < 4.78 is 39.3. The molecule has 5 heterocycles. The Labute approximate surface area is 253 Å². The maximum Gasteiger partial charge on any atom is 0.280 e. The molecule has 3 fully saturated rings. The predicted molar refractivity (Wildman–Crippen MR) is 164 cm³/mol. The molecule has 1 saturated heterocycles. The monoisotopic (exact) mass is 596 g/mol. The highest BCUT2D eigenvalue weighted by molar-refractivity contribution is 5.85. The summed E-state index contributed by atoms with van der Waals surface area (Å²) in [5.41, 5.74) is 4.43. The van der Waals surface area contributed by atoms with Gasteiger partial charge in [-0.15, -0.1) is 0 Å². The lowest BCUT2D eigenvalue weighted by atomic mass is 9.97. The van der Waals surface area contributed by atoms with Crippen molar-refractivity contribution in [2.75, 3.05) is 19.7 Å². The first-order valence-corrected chi connectivity index (χ1v) is 15.4. The lowest BCUT2D eigenvalue weighted by molar-refractivity contribution is -0.0215. The summed E-state index contributed by atoms with van der Waals surface area (Å²) in [6.07, 6.45) is 9.56. The van der Waals surface area contributed by atoms with Gasteiger partial charge in [0, 0.05) is 85.2 Å². The zero-order chi connectivity index (χ0) is 30.1. The Hall–Kier alpha value is -4.15. The van der Waals surface area contributed by atoms with Crippen LogP contribution >= 0.6 is 0 Å². The summed E-state index contributed by atoms with van der Waals surface area (Å²) in [5, 5.41) is 0.963. The molecule has 0 bridgehead atoms. The van der Waals surface area contributed by atoms with Gasteiger partial charge in [-0.25, -0.2) is 18.7 Å². The zero-order valence-corrected chi connectivity index (χ0v) is 24.8. The Bertz CT molecular complexity index is 1970. The van der Waals surface area contributed by atoms with Crippen molar-refractivity contribution < 1.29 is 13.5 Å². The van der Waals surface area contributed by atoms with Crippen LogP contribution in [0.3, 0.4) is 0 Å². The number of halogens is 2. The number of hydrogen-bond donors (Lipinski definition) is 1. The van der Waals surface area contributed by atoms with Gasteiger partial charge in [-0.05, 0) is 73.9 Å². The second-order valence-corrected chi connectivity index (χ2v) is 12.6. The molecule has 0 amide bonds. The zero-order valence-electron chi connectivity index (χ0n) is 24.8. The molecule has 44 heavy (non-hydrogen) atoms. The predicted octanol–water partition coefficient (Wildman–Crippen LogP) is 6.04. The van der Waals surface area contributed by atoms with Crippen molar-refractivity contribution in [1.29, 1.82) is 0 Å². The third-order valence-electron chi connectivity index (χ3n) is 9.10. The molecule has 0 unspecified atom stereocenters. The average molecular weight is 597 g/mol. The van der Waals surface area contributed by atoms with Crippen LogP contribution in [0.2, 0.25) is 0 Å². The van der Waals surface area contributed by atoms with E-state index in [0.29, 0.717) is 47.4 Å². The summed E-state index contributed by atoms with van der Waals surface area (Å²) in [7, 11) is 1.79. The molecule has 1 N–H and O–H groups in total. The number of benzene rings is 1. The van der Waals surface area contributed by atoms with Crippen molar-refractivity contribution in [3.63, 3.8) is 0 Å². The molecule has 1 atom stereocenters. The van der Waals surface area contributed by atoms with Gasteiger partial charge in [-0.3, -0.25) is 14.3 Å². The van der Waals surface area contributed by atoms with Crippen molar-refractivity contribution in [3.8, 4) is 28.3 Å². The molecule has 10 heteroatoms. The van der Waals surface area contributed by atoms with Crippen LogP contribution in [0, 0.1) is 11.6 Å². The van der Waals surface area contributed by atoms with Gasteiger partial charge in [0.05, 0.1) is 12.7 Å². The number of rotatable bonds is 7. The Kier molecular flexibility index (Phi) is 6.53. The molecule has 4 aromatic heterocycles. The number of hydrogen-bond acceptors (Lipinski definition) is 5. The topological polar surface area (TPSA) is 81.0 Å². The highest BCUT2D eigenvalue weighted by atomic mass is 19.1. The van der Waals surface area contributed by atoms with E-state index in [9.17, 15) is 9.18 Å². The van der Waals surface area contributed by atoms with Crippen molar-refractivity contribution in [1.82, 2.24) is 29.0 Å². The first kappa shape index (κ1) is 27.4. The SMILES string of the molecule is C[C@@H]1CN(Cc2cc3c(C4CC4)cn(-c4cc(-c5c(F)cc(F)cc5-c5nccn5C)cc(C5CC5)n4)c(=O)c3[nH]2)CCO1. The van der Waals surface area contributed by atoms with E-state index in [1.165, 1.54) is 6.07 Å². The second kappa shape index (κ2) is 10.5. The molecule has 8 nitrogen and oxygen atoms in total. The van der Waals surface area contributed by atoms with Crippen molar-refractivity contribution in [2.24, 2.45) is 7.05 Å². The number of nitrogens with one attached hydrogen (secondary N) is 1. The fraction of sp³-hybridized carbons (Fsp3) is 0.382. The number of H-pyrrole nitrogens is 1. The van der Waals surface area contributed by atoms with Crippen LogP contribution in [0.4, 0.5) is 8.78 Å². The van der Waals surface area contributed by atoms with Crippen LogP contribution in [0.25, 0.3) is 39.2 Å². The number of morpholine rings is 1. The lowest BCUT2D eigenvalue weighted by Gasteiger charge is -2.30. The molecular weight excluding hydrogens is 562 g/mol. The number of fused-ring (bicyclic) bond motifs is 1. The quantitative estimate of drug-likeness (QED) is 0.248. The molecule has 0 radical (unpaired) electrons. The van der Waals surface area contributed by atoms with Crippen molar-refractivity contribution in [3.05, 3.63) is 87.9 Å². The molecule has 8 rings (SSSR count). The van der Waals surface area contributed by atoms with Crippen molar-refractivity contribution in [2.45, 2.75) is 57.1 Å². The van der Waals surface area contributed by atoms with Gasteiger partial charge in [0.25, 0.3) is 5.56 Å². The first-order valence-electron chi connectivity index (χ1n) is 15.4. The van der Waals surface area contributed by atoms with E-state index >= 15 is 4.39 Å². The minimum Gasteiger partial charge on any atom is -0.376 e. The third-order valence-corrected chi connectivity index (χ3v) is 9.10. The molecule has 2 saturated carbocycles. The number of imidazole rings is 1. The standard InChI is InChI=1S/C34H34F2N6O2/c1-19-16-41(9-10-44-19)17-24-15-25-27(20-3-4-20)18-42(34(43)32(25)38-24)30-12-22(11-29(39-30)21-5-6-21)31-26(13-23(35)14-28(31)36)33-37-7-8-40(33)2/h7-8,11-15,18-21,38H,3-6,9-10,16-17H2,1-2H3/t19-/m1/s1. The second-order valence-electron chi connectivity index (χ2n) is 12.6. The van der Waals surface area contributed by atoms with Gasteiger partial charge in [0.2, 0.25) is 0 Å². The van der Waals surface area contributed by atoms with E-state index in [1.807, 2.05) is 12.3 Å². The van der Waals surface area contributed by atoms with Crippen LogP contribution in [0.15, 0.2) is 53.7 Å². The van der Waals surface area contributed by atoms with E-state index < -0.39 is 11.6 Å². The largest absolute Gasteiger partial charge is 0.376 e. The Morgan fingerprint density at radius 2 is 1.89 bits per heavy atom. The van der Waals surface area contributed by atoms with Crippen LogP contribution in [0.1, 0.15) is 61.4 Å². The number of pyridine rings is 2. The lowest BCUT2D eigenvalue weighted by Crippen LogP contribution is -2.40. The number of aromatic amines is 1. The van der Waals surface area contributed by atoms with Gasteiger partial charge in [-0.2, -0.15) is 0 Å². The molecule has 1 aromatic carbocycles. The van der Waals surface area contributed by atoms with Crippen LogP contribution in [-0.2, 0) is 18.3 Å². The molecular formula is C34H34F2N6O2. The third kappa shape index (κ3) is 4.95. The number of nitrogens with zero attached hydrogens (tertiary/aromatic N) is 5. The fourth-order valence-electron chi connectivity index (χ4n) is 6.61. The van der Waals surface area contributed by atoms with Crippen molar-refractivity contribution >= 4 is 10.9 Å². The fourth-order valence-corrected chi connectivity index (χ4v) is 6.61. The maximum absolute atomic E-state index is 15.7. The van der Waals surface area contributed by atoms with Crippen LogP contribution in [0.5, 0.6) is 0 Å². The normalized spacial score (nSPS) is 19.2. The molecule has 0 spiro atoms. The Morgan fingerprint density at radius 3 is 2.61 bits per heavy atom. The average Bonchev–Trinajstić information content (AvgIpc) is 3.92. The van der Waals surface area contributed by atoms with E-state index in [-0.39, 0.29) is 23.1 Å². The first-order chi connectivity index (χ1) is 21.3. The highest BCUT2D eigenvalue weighted by Crippen LogP contribution is 2.44. The van der Waals surface area contributed by atoms with Gasteiger partial charge in [-0.1, -0.05) is 0 Å². The number of aromatic nitrogens is 5. The molecule has 226 valence electrons. The summed E-state index contributed by atoms with van der Waals surface area (Å²) in [4.78, 5) is 29.3. The van der Waals surface area contributed by atoms with Gasteiger partial charge < -0.3 is 14.3 Å². The molecule has 1 aliphatic heterocycles. The Balaban J connectivity index is 1.28. The molecule has 3 aliphatic rings.